The number of benzene rings is 1. The van der Waals surface area contributed by atoms with E-state index in [4.69, 9.17) is 21.3 Å². The summed E-state index contributed by atoms with van der Waals surface area (Å²) in [6.07, 6.45) is 2.16. The number of carbonyl (C=O) groups is 1. The van der Waals surface area contributed by atoms with Crippen molar-refractivity contribution in [1.82, 2.24) is 0 Å². The predicted octanol–water partition coefficient (Wildman–Crippen LogP) is 1.08. The summed E-state index contributed by atoms with van der Waals surface area (Å²) in [5, 5.41) is 8.79. The van der Waals surface area contributed by atoms with E-state index < -0.39 is 5.97 Å². The quantitative estimate of drug-likeness (QED) is 0.664. The Balaban J connectivity index is 2.04. The Bertz CT molecular complexity index is 441. The fraction of sp³-hybridized carbons (Fsp3) is 0.417. The van der Waals surface area contributed by atoms with Crippen LogP contribution in [0.15, 0.2) is 18.2 Å². The van der Waals surface area contributed by atoms with Crippen LogP contribution >= 0.6 is 0 Å². The van der Waals surface area contributed by atoms with Crippen molar-refractivity contribution >= 4 is 11.7 Å². The summed E-state index contributed by atoms with van der Waals surface area (Å²) < 4.78 is 5.59. The fourth-order valence-corrected chi connectivity index (χ4v) is 1.63. The Hall–Kier alpha value is -1.75. The van der Waals surface area contributed by atoms with E-state index in [0.717, 1.165) is 12.8 Å². The Morgan fingerprint density at radius 2 is 2.18 bits per heavy atom. The Morgan fingerprint density at radius 1 is 1.47 bits per heavy atom. The molecular weight excluding hydrogens is 220 g/mol. The zero-order valence-corrected chi connectivity index (χ0v) is 9.48. The second-order valence-corrected chi connectivity index (χ2v) is 4.55. The van der Waals surface area contributed by atoms with Crippen LogP contribution < -0.4 is 16.2 Å². The molecule has 92 valence electrons. The second-order valence-electron chi connectivity index (χ2n) is 4.55. The lowest BCUT2D eigenvalue weighted by atomic mass is 10.1. The molecule has 0 radical (unpaired) electrons. The zero-order valence-electron chi connectivity index (χ0n) is 9.48. The Morgan fingerprint density at radius 3 is 2.65 bits per heavy atom. The predicted molar refractivity (Wildman–Crippen MR) is 64.0 cm³/mol. The van der Waals surface area contributed by atoms with E-state index in [2.05, 4.69) is 0 Å². The highest BCUT2D eigenvalue weighted by molar-refractivity contribution is 5.89. The van der Waals surface area contributed by atoms with E-state index in [0.29, 0.717) is 24.6 Å². The highest BCUT2D eigenvalue weighted by atomic mass is 16.5. The number of ether oxygens (including phenoxy) is 1. The maximum absolute atomic E-state index is 10.7. The molecule has 0 unspecified atom stereocenters. The minimum Gasteiger partial charge on any atom is -0.491 e. The van der Waals surface area contributed by atoms with Gasteiger partial charge in [-0.15, -0.1) is 0 Å². The van der Waals surface area contributed by atoms with Gasteiger partial charge in [0.05, 0.1) is 17.9 Å². The van der Waals surface area contributed by atoms with E-state index in [-0.39, 0.29) is 11.0 Å². The van der Waals surface area contributed by atoms with Crippen molar-refractivity contribution in [1.29, 1.82) is 0 Å². The smallest absolute Gasteiger partial charge is 0.335 e. The number of carboxylic acids is 1. The third-order valence-electron chi connectivity index (χ3n) is 3.18. The molecule has 1 aliphatic rings. The Kier molecular flexibility index (Phi) is 2.93. The molecule has 0 heterocycles. The van der Waals surface area contributed by atoms with E-state index in [1.54, 1.807) is 6.07 Å². The second kappa shape index (κ2) is 4.25. The first kappa shape index (κ1) is 11.7. The molecule has 0 atom stereocenters. The molecule has 1 aromatic carbocycles. The molecule has 5 heteroatoms. The van der Waals surface area contributed by atoms with Gasteiger partial charge in [0.2, 0.25) is 0 Å². The molecular formula is C12H16N2O3. The van der Waals surface area contributed by atoms with Crippen LogP contribution in [-0.4, -0.2) is 24.2 Å². The molecule has 2 rings (SSSR count). The van der Waals surface area contributed by atoms with Gasteiger partial charge in [0.15, 0.2) is 0 Å². The van der Waals surface area contributed by atoms with Crippen molar-refractivity contribution in [2.75, 3.05) is 18.9 Å². The number of rotatable bonds is 5. The van der Waals surface area contributed by atoms with Crippen molar-refractivity contribution in [2.24, 2.45) is 11.1 Å². The lowest BCUT2D eigenvalue weighted by molar-refractivity contribution is 0.0697. The maximum atomic E-state index is 10.7. The molecule has 0 saturated heterocycles. The normalized spacial score (nSPS) is 16.5. The summed E-state index contributed by atoms with van der Waals surface area (Å²) in [5.74, 6) is -0.474. The molecule has 0 aromatic heterocycles. The third kappa shape index (κ3) is 2.50. The molecule has 1 aliphatic carbocycles. The fourth-order valence-electron chi connectivity index (χ4n) is 1.63. The van der Waals surface area contributed by atoms with Crippen LogP contribution in [0.5, 0.6) is 5.75 Å². The number of nitrogen functional groups attached to an aromatic ring is 1. The van der Waals surface area contributed by atoms with Crippen LogP contribution in [0.4, 0.5) is 5.69 Å². The highest BCUT2D eigenvalue weighted by Crippen LogP contribution is 2.45. The molecule has 5 nitrogen and oxygen atoms in total. The topological polar surface area (TPSA) is 98.6 Å². The van der Waals surface area contributed by atoms with Crippen molar-refractivity contribution < 1.29 is 14.6 Å². The van der Waals surface area contributed by atoms with Crippen molar-refractivity contribution in [3.05, 3.63) is 23.8 Å². The number of carboxylic acid groups (broad SMARTS) is 1. The summed E-state index contributed by atoms with van der Waals surface area (Å²) in [6, 6.07) is 4.47. The minimum absolute atomic E-state index is 0.109. The average molecular weight is 236 g/mol. The first-order valence-electron chi connectivity index (χ1n) is 5.52. The summed E-state index contributed by atoms with van der Waals surface area (Å²) in [5.41, 5.74) is 12.0. The van der Waals surface area contributed by atoms with Crippen LogP contribution in [0, 0.1) is 5.41 Å². The molecule has 0 spiro atoms. The number of anilines is 1. The van der Waals surface area contributed by atoms with Crippen LogP contribution in [0.2, 0.25) is 0 Å². The highest BCUT2D eigenvalue weighted by Gasteiger charge is 2.42. The van der Waals surface area contributed by atoms with Gasteiger partial charge >= 0.3 is 5.97 Å². The molecule has 0 bridgehead atoms. The molecule has 1 aromatic rings. The SMILES string of the molecule is NCC1(COc2ccc(C(=O)O)cc2N)CC1. The lowest BCUT2D eigenvalue weighted by Gasteiger charge is -2.15. The van der Waals surface area contributed by atoms with Crippen LogP contribution in [-0.2, 0) is 0 Å². The van der Waals surface area contributed by atoms with Crippen molar-refractivity contribution in [2.45, 2.75) is 12.8 Å². The van der Waals surface area contributed by atoms with Crippen LogP contribution in [0.3, 0.4) is 0 Å². The van der Waals surface area contributed by atoms with Gasteiger partial charge in [-0.2, -0.15) is 0 Å². The van der Waals surface area contributed by atoms with Gasteiger partial charge in [0.1, 0.15) is 5.75 Å². The van der Waals surface area contributed by atoms with Crippen molar-refractivity contribution in [3.63, 3.8) is 0 Å². The molecule has 0 amide bonds. The van der Waals surface area contributed by atoms with E-state index in [9.17, 15) is 4.79 Å². The van der Waals surface area contributed by atoms with Crippen LogP contribution in [0.1, 0.15) is 23.2 Å². The molecule has 1 saturated carbocycles. The monoisotopic (exact) mass is 236 g/mol. The standard InChI is InChI=1S/C12H16N2O3/c13-6-12(3-4-12)7-17-10-2-1-8(11(15)16)5-9(10)14/h1-2,5H,3-4,6-7,13-14H2,(H,15,16). The average Bonchev–Trinajstić information content (AvgIpc) is 3.08. The van der Waals surface area contributed by atoms with Gasteiger partial charge < -0.3 is 21.3 Å². The summed E-state index contributed by atoms with van der Waals surface area (Å²) in [4.78, 5) is 10.7. The van der Waals surface area contributed by atoms with E-state index in [1.165, 1.54) is 12.1 Å². The summed E-state index contributed by atoms with van der Waals surface area (Å²) in [6.45, 7) is 1.15. The van der Waals surface area contributed by atoms with Crippen LogP contribution in [0.25, 0.3) is 0 Å². The van der Waals surface area contributed by atoms with Gasteiger partial charge in [-0.1, -0.05) is 0 Å². The van der Waals surface area contributed by atoms with Gasteiger partial charge in [-0.05, 0) is 31.0 Å². The first-order chi connectivity index (χ1) is 8.06. The van der Waals surface area contributed by atoms with E-state index >= 15 is 0 Å². The molecule has 5 N–H and O–H groups in total. The van der Waals surface area contributed by atoms with Gasteiger partial charge in [-0.25, -0.2) is 4.79 Å². The molecule has 0 aliphatic heterocycles. The van der Waals surface area contributed by atoms with Gasteiger partial charge in [0.25, 0.3) is 0 Å². The Labute approximate surface area is 99.4 Å². The number of hydrogen-bond donors (Lipinski definition) is 3. The minimum atomic E-state index is -0.996. The van der Waals surface area contributed by atoms with Gasteiger partial charge in [-0.3, -0.25) is 0 Å². The molecule has 1 fully saturated rings. The number of nitrogens with two attached hydrogens (primary N) is 2. The summed E-state index contributed by atoms with van der Waals surface area (Å²) in [7, 11) is 0. The lowest BCUT2D eigenvalue weighted by Crippen LogP contribution is -2.23. The largest absolute Gasteiger partial charge is 0.491 e. The first-order valence-corrected chi connectivity index (χ1v) is 5.52. The number of hydrogen-bond acceptors (Lipinski definition) is 4. The summed E-state index contributed by atoms with van der Waals surface area (Å²) >= 11 is 0. The zero-order chi connectivity index (χ0) is 12.5. The third-order valence-corrected chi connectivity index (χ3v) is 3.18. The number of aromatic carboxylic acids is 1. The van der Waals surface area contributed by atoms with E-state index in [1.807, 2.05) is 0 Å². The maximum Gasteiger partial charge on any atom is 0.335 e. The van der Waals surface area contributed by atoms with Crippen molar-refractivity contribution in [3.8, 4) is 5.75 Å². The van der Waals surface area contributed by atoms with Gasteiger partial charge in [0, 0.05) is 12.0 Å². The molecule has 17 heavy (non-hydrogen) atoms.